The molecule has 25 heavy (non-hydrogen) atoms. The molecule has 1 aliphatic heterocycles. The molecule has 132 valence electrons. The molecule has 1 amide bonds. The predicted octanol–water partition coefficient (Wildman–Crippen LogP) is 2.96. The van der Waals surface area contributed by atoms with Gasteiger partial charge in [0.25, 0.3) is 5.91 Å². The fraction of sp³-hybridized carbons (Fsp3) is 0.400. The molecule has 1 aromatic carbocycles. The van der Waals surface area contributed by atoms with Gasteiger partial charge in [-0.1, -0.05) is 13.0 Å². The van der Waals surface area contributed by atoms with Crippen LogP contribution >= 0.6 is 0 Å². The quantitative estimate of drug-likeness (QED) is 0.848. The van der Waals surface area contributed by atoms with Crippen molar-refractivity contribution in [2.24, 2.45) is 0 Å². The van der Waals surface area contributed by atoms with Crippen molar-refractivity contribution in [1.29, 1.82) is 0 Å². The monoisotopic (exact) mass is 340 g/mol. The summed E-state index contributed by atoms with van der Waals surface area (Å²) in [5, 5.41) is 12.2. The van der Waals surface area contributed by atoms with Gasteiger partial charge in [-0.2, -0.15) is 0 Å². The molecule has 2 aromatic rings. The minimum absolute atomic E-state index is 0.0418. The van der Waals surface area contributed by atoms with Crippen LogP contribution in [0, 0.1) is 0 Å². The molecule has 0 radical (unpaired) electrons. The number of carbonyl (C=O) groups excluding carboxylic acids is 1. The molecule has 0 spiro atoms. The van der Waals surface area contributed by atoms with Gasteiger partial charge in [-0.15, -0.1) is 0 Å². The molecular weight excluding hydrogens is 316 g/mol. The van der Waals surface area contributed by atoms with Crippen molar-refractivity contribution in [2.75, 3.05) is 13.2 Å². The van der Waals surface area contributed by atoms with Crippen LogP contribution in [0.3, 0.4) is 0 Å². The van der Waals surface area contributed by atoms with E-state index < -0.39 is 5.54 Å². The van der Waals surface area contributed by atoms with Gasteiger partial charge in [-0.05, 0) is 49.1 Å². The number of amides is 1. The van der Waals surface area contributed by atoms with Gasteiger partial charge in [0.15, 0.2) is 0 Å². The molecular formula is C20H24N2O3. The number of ether oxygens (including phenoxy) is 1. The Kier molecular flexibility index (Phi) is 5.04. The van der Waals surface area contributed by atoms with Crippen LogP contribution < -0.4 is 10.1 Å². The number of hydrogen-bond acceptors (Lipinski definition) is 4. The number of rotatable bonds is 6. The average Bonchev–Trinajstić information content (AvgIpc) is 3.09. The zero-order chi connectivity index (χ0) is 17.9. The van der Waals surface area contributed by atoms with E-state index in [0.29, 0.717) is 12.0 Å². The highest BCUT2D eigenvalue weighted by molar-refractivity contribution is 5.95. The van der Waals surface area contributed by atoms with Gasteiger partial charge in [-0.3, -0.25) is 9.78 Å². The van der Waals surface area contributed by atoms with Crippen LogP contribution in [0.15, 0.2) is 36.7 Å². The highest BCUT2D eigenvalue weighted by atomic mass is 16.5. The van der Waals surface area contributed by atoms with Crippen LogP contribution in [-0.4, -0.2) is 34.8 Å². The van der Waals surface area contributed by atoms with Gasteiger partial charge in [0.1, 0.15) is 5.75 Å². The van der Waals surface area contributed by atoms with E-state index in [0.717, 1.165) is 36.3 Å². The van der Waals surface area contributed by atoms with Crippen molar-refractivity contribution in [3.8, 4) is 16.9 Å². The summed E-state index contributed by atoms with van der Waals surface area (Å²) in [5.74, 6) is 0.768. The zero-order valence-electron chi connectivity index (χ0n) is 14.7. The highest BCUT2D eigenvalue weighted by Gasteiger charge is 2.24. The van der Waals surface area contributed by atoms with Crippen LogP contribution in [0.5, 0.6) is 5.75 Å². The molecule has 2 N–H and O–H groups in total. The fourth-order valence-electron chi connectivity index (χ4n) is 3.01. The van der Waals surface area contributed by atoms with Crippen molar-refractivity contribution in [3.05, 3.63) is 47.8 Å². The standard InChI is InChI=1S/C20H24N2O3/c1-3-20(2,7-8-23)22-19(24)17-11-16(12-21-13-17)14-4-5-18-15(10-14)6-9-25-18/h4-5,10-13,23H,3,6-9H2,1-2H3,(H,22,24). The maximum absolute atomic E-state index is 12.6. The third-order valence-corrected chi connectivity index (χ3v) is 4.88. The SMILES string of the molecule is CCC(C)(CCO)NC(=O)c1cncc(-c2ccc3c(c2)CCO3)c1. The van der Waals surface area contributed by atoms with E-state index in [1.165, 1.54) is 5.56 Å². The molecule has 3 rings (SSSR count). The first-order valence-corrected chi connectivity index (χ1v) is 8.69. The van der Waals surface area contributed by atoms with Crippen LogP contribution in [0.2, 0.25) is 0 Å². The van der Waals surface area contributed by atoms with Gasteiger partial charge in [0.05, 0.1) is 12.2 Å². The first-order valence-electron chi connectivity index (χ1n) is 8.69. The number of aliphatic hydroxyl groups is 1. The van der Waals surface area contributed by atoms with Crippen LogP contribution in [-0.2, 0) is 6.42 Å². The Bertz CT molecular complexity index is 775. The number of pyridine rings is 1. The number of carbonyl (C=O) groups is 1. The van der Waals surface area contributed by atoms with E-state index in [-0.39, 0.29) is 12.5 Å². The molecule has 1 unspecified atom stereocenters. The lowest BCUT2D eigenvalue weighted by Gasteiger charge is -2.29. The zero-order valence-corrected chi connectivity index (χ0v) is 14.7. The Morgan fingerprint density at radius 3 is 2.92 bits per heavy atom. The Morgan fingerprint density at radius 2 is 2.16 bits per heavy atom. The summed E-state index contributed by atoms with van der Waals surface area (Å²) in [4.78, 5) is 16.8. The Labute approximate surface area is 148 Å². The smallest absolute Gasteiger partial charge is 0.253 e. The number of aliphatic hydroxyl groups excluding tert-OH is 1. The third-order valence-electron chi connectivity index (χ3n) is 4.88. The Morgan fingerprint density at radius 1 is 1.32 bits per heavy atom. The second kappa shape index (κ2) is 7.23. The van der Waals surface area contributed by atoms with E-state index in [1.807, 2.05) is 32.0 Å². The van der Waals surface area contributed by atoms with Gasteiger partial charge in [0, 0.05) is 36.5 Å². The Balaban J connectivity index is 1.83. The molecule has 1 atom stereocenters. The maximum atomic E-state index is 12.6. The molecule has 1 aromatic heterocycles. The normalized spacial score (nSPS) is 15.2. The van der Waals surface area contributed by atoms with E-state index in [1.54, 1.807) is 12.4 Å². The molecule has 0 fully saturated rings. The molecule has 2 heterocycles. The number of nitrogens with zero attached hydrogens (tertiary/aromatic N) is 1. The summed E-state index contributed by atoms with van der Waals surface area (Å²) < 4.78 is 5.54. The van der Waals surface area contributed by atoms with Crippen molar-refractivity contribution < 1.29 is 14.6 Å². The van der Waals surface area contributed by atoms with Gasteiger partial charge in [-0.25, -0.2) is 0 Å². The lowest BCUT2D eigenvalue weighted by Crippen LogP contribution is -2.46. The average molecular weight is 340 g/mol. The topological polar surface area (TPSA) is 71.5 Å². The van der Waals surface area contributed by atoms with E-state index in [4.69, 9.17) is 4.74 Å². The van der Waals surface area contributed by atoms with E-state index >= 15 is 0 Å². The molecule has 0 aliphatic carbocycles. The molecule has 0 saturated carbocycles. The summed E-state index contributed by atoms with van der Waals surface area (Å²) in [6.07, 6.45) is 5.52. The Hall–Kier alpha value is -2.40. The van der Waals surface area contributed by atoms with Crippen molar-refractivity contribution in [2.45, 2.75) is 38.6 Å². The van der Waals surface area contributed by atoms with Crippen molar-refractivity contribution >= 4 is 5.91 Å². The van der Waals surface area contributed by atoms with Gasteiger partial charge < -0.3 is 15.2 Å². The minimum atomic E-state index is -0.424. The first-order chi connectivity index (χ1) is 12.0. The second-order valence-electron chi connectivity index (χ2n) is 6.73. The van der Waals surface area contributed by atoms with Crippen LogP contribution in [0.1, 0.15) is 42.6 Å². The number of benzene rings is 1. The summed E-state index contributed by atoms with van der Waals surface area (Å²) in [7, 11) is 0. The molecule has 5 nitrogen and oxygen atoms in total. The van der Waals surface area contributed by atoms with E-state index in [2.05, 4.69) is 16.4 Å². The summed E-state index contributed by atoms with van der Waals surface area (Å²) in [6.45, 7) is 4.70. The van der Waals surface area contributed by atoms with Crippen molar-refractivity contribution in [1.82, 2.24) is 10.3 Å². The van der Waals surface area contributed by atoms with Crippen LogP contribution in [0.25, 0.3) is 11.1 Å². The lowest BCUT2D eigenvalue weighted by atomic mass is 9.94. The molecule has 1 aliphatic rings. The maximum Gasteiger partial charge on any atom is 0.253 e. The number of aromatic nitrogens is 1. The molecule has 0 bridgehead atoms. The summed E-state index contributed by atoms with van der Waals surface area (Å²) >= 11 is 0. The molecule has 5 heteroatoms. The van der Waals surface area contributed by atoms with Crippen molar-refractivity contribution in [3.63, 3.8) is 0 Å². The van der Waals surface area contributed by atoms with Crippen LogP contribution in [0.4, 0.5) is 0 Å². The van der Waals surface area contributed by atoms with E-state index in [9.17, 15) is 9.90 Å². The number of nitrogens with one attached hydrogen (secondary N) is 1. The predicted molar refractivity (Wildman–Crippen MR) is 96.7 cm³/mol. The third kappa shape index (κ3) is 3.82. The van der Waals surface area contributed by atoms with Gasteiger partial charge in [0.2, 0.25) is 0 Å². The molecule has 0 saturated heterocycles. The second-order valence-corrected chi connectivity index (χ2v) is 6.73. The largest absolute Gasteiger partial charge is 0.493 e. The highest BCUT2D eigenvalue weighted by Crippen LogP contribution is 2.30. The summed E-state index contributed by atoms with van der Waals surface area (Å²) in [6, 6.07) is 7.92. The fourth-order valence-corrected chi connectivity index (χ4v) is 3.01. The summed E-state index contributed by atoms with van der Waals surface area (Å²) in [5.41, 5.74) is 3.22. The first kappa shape index (κ1) is 17.4. The van der Waals surface area contributed by atoms with Gasteiger partial charge >= 0.3 is 0 Å². The minimum Gasteiger partial charge on any atom is -0.493 e. The lowest BCUT2D eigenvalue weighted by molar-refractivity contribution is 0.0886. The number of fused-ring (bicyclic) bond motifs is 1. The number of hydrogen-bond donors (Lipinski definition) is 2.